The number of halogens is 1. The summed E-state index contributed by atoms with van der Waals surface area (Å²) >= 11 is 7.98. The Morgan fingerprint density at radius 1 is 1.14 bits per heavy atom. The molecule has 3 rings (SSSR count). The molecule has 0 spiro atoms. The number of para-hydroxylation sites is 1. The Balaban J connectivity index is 1.73. The van der Waals surface area contributed by atoms with Gasteiger partial charge >= 0.3 is 0 Å². The standard InChI is InChI=1S/C21H23ClN4O2S/c1-28-14-13-23-19(27)12-7-15-29-21-25-24-20(17-10-5-6-11-18(17)22)26(21)16-8-3-2-4-9-16/h2-6,8-11H,7,12-15H2,1H3,(H,23,27). The second-order valence-corrected chi connectivity index (χ2v) is 7.72. The van der Waals surface area contributed by atoms with Crippen LogP contribution in [0.2, 0.25) is 5.02 Å². The summed E-state index contributed by atoms with van der Waals surface area (Å²) in [5.74, 6) is 1.48. The molecule has 1 amide bonds. The molecule has 1 aromatic heterocycles. The molecule has 0 atom stereocenters. The number of hydrogen-bond donors (Lipinski definition) is 1. The van der Waals surface area contributed by atoms with Crippen molar-refractivity contribution in [1.29, 1.82) is 0 Å². The van der Waals surface area contributed by atoms with E-state index in [1.54, 1.807) is 18.9 Å². The summed E-state index contributed by atoms with van der Waals surface area (Å²) < 4.78 is 6.94. The Labute approximate surface area is 179 Å². The first kappa shape index (κ1) is 21.4. The van der Waals surface area contributed by atoms with E-state index in [0.717, 1.165) is 28.6 Å². The average molecular weight is 431 g/mol. The van der Waals surface area contributed by atoms with Gasteiger partial charge in [-0.15, -0.1) is 10.2 Å². The second-order valence-electron chi connectivity index (χ2n) is 6.25. The highest BCUT2D eigenvalue weighted by molar-refractivity contribution is 7.99. The number of nitrogens with one attached hydrogen (secondary N) is 1. The molecule has 6 nitrogen and oxygen atoms in total. The number of benzene rings is 2. The zero-order valence-electron chi connectivity index (χ0n) is 16.2. The van der Waals surface area contributed by atoms with Gasteiger partial charge in [0.2, 0.25) is 5.91 Å². The molecule has 0 aliphatic rings. The lowest BCUT2D eigenvalue weighted by Crippen LogP contribution is -2.26. The van der Waals surface area contributed by atoms with Crippen molar-refractivity contribution in [2.45, 2.75) is 18.0 Å². The van der Waals surface area contributed by atoms with Gasteiger partial charge in [-0.1, -0.05) is 53.7 Å². The van der Waals surface area contributed by atoms with E-state index in [-0.39, 0.29) is 5.91 Å². The molecule has 0 bridgehead atoms. The topological polar surface area (TPSA) is 69.0 Å². The summed E-state index contributed by atoms with van der Waals surface area (Å²) in [4.78, 5) is 11.8. The van der Waals surface area contributed by atoms with Crippen molar-refractivity contribution in [2.75, 3.05) is 26.0 Å². The molecule has 2 aromatic carbocycles. The molecule has 0 aliphatic carbocycles. The number of carbonyl (C=O) groups excluding carboxylic acids is 1. The van der Waals surface area contributed by atoms with E-state index in [1.165, 1.54) is 0 Å². The maximum absolute atomic E-state index is 11.8. The van der Waals surface area contributed by atoms with Crippen LogP contribution in [0.3, 0.4) is 0 Å². The number of amides is 1. The molecule has 0 saturated carbocycles. The predicted octanol–water partition coefficient (Wildman–Crippen LogP) is 4.22. The van der Waals surface area contributed by atoms with Crippen LogP contribution in [0.25, 0.3) is 17.1 Å². The van der Waals surface area contributed by atoms with Gasteiger partial charge in [0.1, 0.15) is 0 Å². The highest BCUT2D eigenvalue weighted by Gasteiger charge is 2.17. The molecule has 0 aliphatic heterocycles. The van der Waals surface area contributed by atoms with E-state index >= 15 is 0 Å². The maximum atomic E-state index is 11.8. The van der Waals surface area contributed by atoms with Gasteiger partial charge in [0.15, 0.2) is 11.0 Å². The van der Waals surface area contributed by atoms with Crippen molar-refractivity contribution < 1.29 is 9.53 Å². The summed E-state index contributed by atoms with van der Waals surface area (Å²) in [6, 6.07) is 17.5. The van der Waals surface area contributed by atoms with Gasteiger partial charge in [-0.3, -0.25) is 9.36 Å². The molecule has 1 N–H and O–H groups in total. The summed E-state index contributed by atoms with van der Waals surface area (Å²) in [5, 5.41) is 13.0. The minimum Gasteiger partial charge on any atom is -0.383 e. The monoisotopic (exact) mass is 430 g/mol. The molecular weight excluding hydrogens is 408 g/mol. The molecule has 0 unspecified atom stereocenters. The third kappa shape index (κ3) is 5.82. The van der Waals surface area contributed by atoms with E-state index < -0.39 is 0 Å². The van der Waals surface area contributed by atoms with Crippen molar-refractivity contribution in [3.05, 3.63) is 59.6 Å². The lowest BCUT2D eigenvalue weighted by molar-refractivity contribution is -0.121. The van der Waals surface area contributed by atoms with E-state index in [2.05, 4.69) is 15.5 Å². The molecule has 0 fully saturated rings. The van der Waals surface area contributed by atoms with E-state index in [1.807, 2.05) is 59.2 Å². The minimum atomic E-state index is 0.0314. The van der Waals surface area contributed by atoms with Crippen LogP contribution < -0.4 is 5.32 Å². The summed E-state index contributed by atoms with van der Waals surface area (Å²) in [7, 11) is 1.61. The first-order chi connectivity index (χ1) is 14.2. The lowest BCUT2D eigenvalue weighted by atomic mass is 10.2. The number of nitrogens with zero attached hydrogens (tertiary/aromatic N) is 3. The number of hydrogen-bond acceptors (Lipinski definition) is 5. The molecule has 3 aromatic rings. The van der Waals surface area contributed by atoms with Gasteiger partial charge in [0.05, 0.1) is 11.6 Å². The summed E-state index contributed by atoms with van der Waals surface area (Å²) in [6.07, 6.45) is 1.21. The molecule has 1 heterocycles. The van der Waals surface area contributed by atoms with Crippen LogP contribution in [-0.4, -0.2) is 46.7 Å². The number of rotatable bonds is 10. The predicted molar refractivity (Wildman–Crippen MR) is 117 cm³/mol. The number of thioether (sulfide) groups is 1. The number of ether oxygens (including phenoxy) is 1. The zero-order chi connectivity index (χ0) is 20.5. The largest absolute Gasteiger partial charge is 0.383 e. The molecule has 0 saturated heterocycles. The SMILES string of the molecule is COCCNC(=O)CCCSc1nnc(-c2ccccc2Cl)n1-c1ccccc1. The first-order valence-electron chi connectivity index (χ1n) is 9.35. The van der Waals surface area contributed by atoms with Crippen molar-refractivity contribution in [3.8, 4) is 17.1 Å². The Morgan fingerprint density at radius 3 is 2.66 bits per heavy atom. The zero-order valence-corrected chi connectivity index (χ0v) is 17.7. The Morgan fingerprint density at radius 2 is 1.90 bits per heavy atom. The molecule has 29 heavy (non-hydrogen) atoms. The van der Waals surface area contributed by atoms with Crippen LogP contribution in [0.5, 0.6) is 0 Å². The van der Waals surface area contributed by atoms with Crippen LogP contribution in [0, 0.1) is 0 Å². The molecule has 152 valence electrons. The number of carbonyl (C=O) groups is 1. The van der Waals surface area contributed by atoms with Crippen molar-refractivity contribution in [2.24, 2.45) is 0 Å². The molecule has 8 heteroatoms. The third-order valence-corrected chi connectivity index (χ3v) is 5.52. The fourth-order valence-corrected chi connectivity index (χ4v) is 3.88. The van der Waals surface area contributed by atoms with Crippen molar-refractivity contribution in [3.63, 3.8) is 0 Å². The van der Waals surface area contributed by atoms with Gasteiger partial charge in [-0.2, -0.15) is 0 Å². The fraction of sp³-hybridized carbons (Fsp3) is 0.286. The van der Waals surface area contributed by atoms with Crippen molar-refractivity contribution in [1.82, 2.24) is 20.1 Å². The minimum absolute atomic E-state index is 0.0314. The van der Waals surface area contributed by atoms with Crippen LogP contribution >= 0.6 is 23.4 Å². The van der Waals surface area contributed by atoms with Gasteiger partial charge < -0.3 is 10.1 Å². The fourth-order valence-electron chi connectivity index (χ4n) is 2.77. The maximum Gasteiger partial charge on any atom is 0.220 e. The van der Waals surface area contributed by atoms with Crippen LogP contribution in [-0.2, 0) is 9.53 Å². The van der Waals surface area contributed by atoms with E-state index in [4.69, 9.17) is 16.3 Å². The van der Waals surface area contributed by atoms with E-state index in [9.17, 15) is 4.79 Å². The molecule has 0 radical (unpaired) electrons. The van der Waals surface area contributed by atoms with Gasteiger partial charge in [0, 0.05) is 37.1 Å². The molecular formula is C21H23ClN4O2S. The lowest BCUT2D eigenvalue weighted by Gasteiger charge is -2.11. The number of methoxy groups -OCH3 is 1. The Bertz CT molecular complexity index is 933. The third-order valence-electron chi connectivity index (χ3n) is 4.17. The van der Waals surface area contributed by atoms with Gasteiger partial charge in [0.25, 0.3) is 0 Å². The van der Waals surface area contributed by atoms with Crippen LogP contribution in [0.4, 0.5) is 0 Å². The van der Waals surface area contributed by atoms with Gasteiger partial charge in [-0.05, 0) is 30.7 Å². The second kappa shape index (κ2) is 11.0. The smallest absolute Gasteiger partial charge is 0.220 e. The first-order valence-corrected chi connectivity index (χ1v) is 10.7. The summed E-state index contributed by atoms with van der Waals surface area (Å²) in [6.45, 7) is 1.05. The Kier molecular flexibility index (Phi) is 8.10. The normalized spacial score (nSPS) is 10.8. The van der Waals surface area contributed by atoms with Crippen molar-refractivity contribution >= 4 is 29.3 Å². The highest BCUT2D eigenvalue weighted by Crippen LogP contribution is 2.32. The van der Waals surface area contributed by atoms with Gasteiger partial charge in [-0.25, -0.2) is 0 Å². The number of aromatic nitrogens is 3. The van der Waals surface area contributed by atoms with E-state index in [0.29, 0.717) is 30.4 Å². The van der Waals surface area contributed by atoms with Crippen LogP contribution in [0.15, 0.2) is 59.8 Å². The summed E-state index contributed by atoms with van der Waals surface area (Å²) in [5.41, 5.74) is 1.79. The Hall–Kier alpha value is -2.35. The average Bonchev–Trinajstić information content (AvgIpc) is 3.16. The quantitative estimate of drug-likeness (QED) is 0.385. The highest BCUT2D eigenvalue weighted by atomic mass is 35.5. The van der Waals surface area contributed by atoms with Crippen LogP contribution in [0.1, 0.15) is 12.8 Å².